The molecule has 4 rings (SSSR count). The number of nitrogens with zero attached hydrogens (tertiary/aromatic N) is 1. The Bertz CT molecular complexity index is 1100. The minimum absolute atomic E-state index is 0.233. The lowest BCUT2D eigenvalue weighted by atomic mass is 9.89. The Hall–Kier alpha value is -3.18. The van der Waals surface area contributed by atoms with Crippen LogP contribution in [0.4, 0.5) is 5.69 Å². The molecule has 3 aromatic carbocycles. The predicted molar refractivity (Wildman–Crippen MR) is 112 cm³/mol. The van der Waals surface area contributed by atoms with Crippen molar-refractivity contribution in [3.8, 4) is 5.75 Å². The van der Waals surface area contributed by atoms with Gasteiger partial charge in [-0.15, -0.1) is 0 Å². The topological polar surface area (TPSA) is 66.8 Å². The zero-order valence-corrected chi connectivity index (χ0v) is 16.5. The molecule has 0 aromatic heterocycles. The van der Waals surface area contributed by atoms with Gasteiger partial charge in [-0.25, -0.2) is 0 Å². The predicted octanol–water partition coefficient (Wildman–Crippen LogP) is 3.74. The van der Waals surface area contributed by atoms with Gasteiger partial charge in [-0.1, -0.05) is 54.6 Å². The van der Waals surface area contributed by atoms with E-state index in [-0.39, 0.29) is 25.4 Å². The fourth-order valence-electron chi connectivity index (χ4n) is 4.10. The average Bonchev–Trinajstić information content (AvgIpc) is 2.90. The summed E-state index contributed by atoms with van der Waals surface area (Å²) in [6.45, 7) is 3.82. The molecule has 1 N–H and O–H groups in total. The Morgan fingerprint density at radius 1 is 1.07 bits per heavy atom. The summed E-state index contributed by atoms with van der Waals surface area (Å²) in [7, 11) is 0. The first kappa shape index (κ1) is 19.2. The van der Waals surface area contributed by atoms with E-state index in [0.29, 0.717) is 11.3 Å². The standard InChI is InChI=1S/C24H23NO4/c1-16-7-5-11-20-22(16)25(23(27)24(20,28)15-17(2)26)13-14-29-21-12-6-9-18-8-3-4-10-19(18)21/h3-12,28H,13-15H2,1-2H3/t24-/m1/s1. The van der Waals surface area contributed by atoms with Crippen molar-refractivity contribution in [3.05, 3.63) is 71.8 Å². The summed E-state index contributed by atoms with van der Waals surface area (Å²) in [4.78, 5) is 26.4. The molecule has 3 aromatic rings. The van der Waals surface area contributed by atoms with E-state index in [1.165, 1.54) is 6.92 Å². The molecule has 5 heteroatoms. The molecular formula is C24H23NO4. The first-order valence-corrected chi connectivity index (χ1v) is 9.66. The fraction of sp³-hybridized carbons (Fsp3) is 0.250. The average molecular weight is 389 g/mol. The third-order valence-corrected chi connectivity index (χ3v) is 5.38. The van der Waals surface area contributed by atoms with Gasteiger partial charge in [0.1, 0.15) is 18.1 Å². The van der Waals surface area contributed by atoms with Crippen LogP contribution in [0.3, 0.4) is 0 Å². The van der Waals surface area contributed by atoms with Gasteiger partial charge in [-0.05, 0) is 30.9 Å². The van der Waals surface area contributed by atoms with Gasteiger partial charge in [0.15, 0.2) is 5.60 Å². The lowest BCUT2D eigenvalue weighted by Gasteiger charge is -2.22. The molecule has 5 nitrogen and oxygen atoms in total. The number of amides is 1. The summed E-state index contributed by atoms with van der Waals surface area (Å²) in [5, 5.41) is 13.2. The van der Waals surface area contributed by atoms with E-state index < -0.39 is 11.5 Å². The number of ketones is 1. The zero-order valence-electron chi connectivity index (χ0n) is 16.5. The van der Waals surface area contributed by atoms with Crippen LogP contribution in [0.15, 0.2) is 60.7 Å². The van der Waals surface area contributed by atoms with Crippen molar-refractivity contribution in [1.29, 1.82) is 0 Å². The van der Waals surface area contributed by atoms with E-state index in [2.05, 4.69) is 0 Å². The monoisotopic (exact) mass is 389 g/mol. The molecule has 0 aliphatic carbocycles. The minimum Gasteiger partial charge on any atom is -0.491 e. The lowest BCUT2D eigenvalue weighted by Crippen LogP contribution is -2.43. The van der Waals surface area contributed by atoms with Crippen molar-refractivity contribution in [3.63, 3.8) is 0 Å². The maximum Gasteiger partial charge on any atom is 0.264 e. The number of carbonyl (C=O) groups is 2. The Morgan fingerprint density at radius 3 is 2.59 bits per heavy atom. The highest BCUT2D eigenvalue weighted by Crippen LogP contribution is 2.44. The van der Waals surface area contributed by atoms with Gasteiger partial charge in [0.25, 0.3) is 5.91 Å². The Labute approximate surface area is 169 Å². The van der Waals surface area contributed by atoms with Crippen LogP contribution in [0.25, 0.3) is 10.8 Å². The van der Waals surface area contributed by atoms with Crippen LogP contribution in [0.2, 0.25) is 0 Å². The van der Waals surface area contributed by atoms with Crippen LogP contribution >= 0.6 is 0 Å². The number of aryl methyl sites for hydroxylation is 1. The SMILES string of the molecule is CC(=O)C[C@]1(O)C(=O)N(CCOc2cccc3ccccc23)c2c(C)cccc21. The molecule has 1 amide bonds. The number of para-hydroxylation sites is 1. The summed E-state index contributed by atoms with van der Waals surface area (Å²) >= 11 is 0. The second-order valence-corrected chi connectivity index (χ2v) is 7.49. The first-order valence-electron chi connectivity index (χ1n) is 9.66. The first-order chi connectivity index (χ1) is 13.9. The van der Waals surface area contributed by atoms with Crippen molar-refractivity contribution in [2.24, 2.45) is 0 Å². The molecule has 0 radical (unpaired) electrons. The van der Waals surface area contributed by atoms with Crippen molar-refractivity contribution in [2.45, 2.75) is 25.9 Å². The summed E-state index contributed by atoms with van der Waals surface area (Å²) < 4.78 is 5.99. The Kier molecular flexibility index (Phi) is 4.84. The molecule has 0 saturated carbocycles. The van der Waals surface area contributed by atoms with Crippen molar-refractivity contribution < 1.29 is 19.4 Å². The Balaban J connectivity index is 1.59. The molecule has 29 heavy (non-hydrogen) atoms. The van der Waals surface area contributed by atoms with Gasteiger partial charge in [0.2, 0.25) is 0 Å². The highest BCUT2D eigenvalue weighted by molar-refractivity contribution is 6.09. The van der Waals surface area contributed by atoms with Gasteiger partial charge in [-0.2, -0.15) is 0 Å². The van der Waals surface area contributed by atoms with E-state index in [0.717, 1.165) is 22.1 Å². The van der Waals surface area contributed by atoms with Gasteiger partial charge >= 0.3 is 0 Å². The Morgan fingerprint density at radius 2 is 1.79 bits per heavy atom. The smallest absolute Gasteiger partial charge is 0.264 e. The fourth-order valence-corrected chi connectivity index (χ4v) is 4.10. The van der Waals surface area contributed by atoms with Crippen molar-refractivity contribution in [1.82, 2.24) is 0 Å². The zero-order chi connectivity index (χ0) is 20.6. The normalized spacial score (nSPS) is 18.2. The van der Waals surface area contributed by atoms with Crippen molar-refractivity contribution in [2.75, 3.05) is 18.1 Å². The van der Waals surface area contributed by atoms with Crippen molar-refractivity contribution >= 4 is 28.2 Å². The number of aliphatic hydroxyl groups is 1. The molecule has 0 spiro atoms. The van der Waals surface area contributed by atoms with Crippen LogP contribution in [0, 0.1) is 6.92 Å². The number of hydrogen-bond acceptors (Lipinski definition) is 4. The minimum atomic E-state index is -1.81. The highest BCUT2D eigenvalue weighted by atomic mass is 16.5. The second-order valence-electron chi connectivity index (χ2n) is 7.49. The van der Waals surface area contributed by atoms with E-state index in [9.17, 15) is 14.7 Å². The number of hydrogen-bond donors (Lipinski definition) is 1. The lowest BCUT2D eigenvalue weighted by molar-refractivity contribution is -0.141. The molecule has 0 bridgehead atoms. The molecule has 0 saturated heterocycles. The molecule has 1 atom stereocenters. The highest BCUT2D eigenvalue weighted by Gasteiger charge is 2.50. The van der Waals surface area contributed by atoms with Gasteiger partial charge in [-0.3, -0.25) is 9.59 Å². The third kappa shape index (κ3) is 3.28. The molecule has 148 valence electrons. The van der Waals surface area contributed by atoms with Gasteiger partial charge < -0.3 is 14.7 Å². The van der Waals surface area contributed by atoms with Crippen LogP contribution in [0.5, 0.6) is 5.75 Å². The summed E-state index contributed by atoms with van der Waals surface area (Å²) in [5.41, 5.74) is 0.221. The van der Waals surface area contributed by atoms with E-state index in [1.807, 2.05) is 55.5 Å². The summed E-state index contributed by atoms with van der Waals surface area (Å²) in [6, 6.07) is 19.2. The van der Waals surface area contributed by atoms with E-state index in [4.69, 9.17) is 4.74 Å². The van der Waals surface area contributed by atoms with E-state index >= 15 is 0 Å². The molecule has 1 aliphatic heterocycles. The number of fused-ring (bicyclic) bond motifs is 2. The molecule has 1 heterocycles. The van der Waals surface area contributed by atoms with E-state index in [1.54, 1.807) is 17.0 Å². The number of Topliss-reactive ketones (excluding diaryl/α,β-unsaturated/α-hetero) is 1. The summed E-state index contributed by atoms with van der Waals surface area (Å²) in [6.07, 6.45) is -0.233. The number of benzene rings is 3. The van der Waals surface area contributed by atoms with Crippen LogP contribution in [-0.4, -0.2) is 29.9 Å². The maximum absolute atomic E-state index is 13.1. The second kappa shape index (κ2) is 7.33. The molecular weight excluding hydrogens is 366 g/mol. The molecule has 0 unspecified atom stereocenters. The number of carbonyl (C=O) groups excluding carboxylic acids is 2. The molecule has 1 aliphatic rings. The van der Waals surface area contributed by atoms with Gasteiger partial charge in [0, 0.05) is 17.4 Å². The van der Waals surface area contributed by atoms with Crippen LogP contribution in [0.1, 0.15) is 24.5 Å². The maximum atomic E-state index is 13.1. The van der Waals surface area contributed by atoms with Crippen LogP contribution in [-0.2, 0) is 15.2 Å². The largest absolute Gasteiger partial charge is 0.491 e. The van der Waals surface area contributed by atoms with Gasteiger partial charge in [0.05, 0.1) is 12.2 Å². The number of ether oxygens (including phenoxy) is 1. The number of rotatable bonds is 6. The number of anilines is 1. The van der Waals surface area contributed by atoms with Crippen LogP contribution < -0.4 is 9.64 Å². The molecule has 0 fully saturated rings. The quantitative estimate of drug-likeness (QED) is 0.697. The third-order valence-electron chi connectivity index (χ3n) is 5.38. The summed E-state index contributed by atoms with van der Waals surface area (Å²) in [5.74, 6) is 0.0411.